The molecule has 1 aromatic carbocycles. The fourth-order valence-corrected chi connectivity index (χ4v) is 2.44. The smallest absolute Gasteiger partial charge is 0.122 e. The van der Waals surface area contributed by atoms with Crippen LogP contribution in [-0.2, 0) is 6.42 Å². The van der Waals surface area contributed by atoms with Crippen molar-refractivity contribution in [2.75, 3.05) is 20.2 Å². The van der Waals surface area contributed by atoms with Crippen LogP contribution in [0.3, 0.4) is 0 Å². The lowest BCUT2D eigenvalue weighted by atomic mass is 9.88. The first-order valence-electron chi connectivity index (χ1n) is 6.28. The van der Waals surface area contributed by atoms with E-state index >= 15 is 0 Å². The molecule has 94 valence electrons. The molecule has 1 unspecified atom stereocenters. The van der Waals surface area contributed by atoms with Crippen LogP contribution in [0.15, 0.2) is 24.3 Å². The summed E-state index contributed by atoms with van der Waals surface area (Å²) in [7, 11) is 1.69. The molecule has 3 heteroatoms. The van der Waals surface area contributed by atoms with Crippen molar-refractivity contribution in [2.45, 2.75) is 31.3 Å². The predicted octanol–water partition coefficient (Wildman–Crippen LogP) is 1.74. The molecule has 1 saturated heterocycles. The van der Waals surface area contributed by atoms with Gasteiger partial charge in [-0.15, -0.1) is 0 Å². The number of β-amino-alcohol motifs (C(OH)–C–C–N with tert-alkyl or cyclic N) is 1. The van der Waals surface area contributed by atoms with Gasteiger partial charge >= 0.3 is 0 Å². The van der Waals surface area contributed by atoms with Crippen LogP contribution in [0.1, 0.15) is 24.8 Å². The Morgan fingerprint density at radius 1 is 1.41 bits per heavy atom. The van der Waals surface area contributed by atoms with Gasteiger partial charge in [0, 0.05) is 6.54 Å². The number of ether oxygens (including phenoxy) is 1. The summed E-state index contributed by atoms with van der Waals surface area (Å²) in [4.78, 5) is 0. The van der Waals surface area contributed by atoms with Crippen molar-refractivity contribution < 1.29 is 9.84 Å². The lowest BCUT2D eigenvalue weighted by Gasteiger charge is -2.32. The Bertz CT molecular complexity index is 359. The van der Waals surface area contributed by atoms with Crippen molar-refractivity contribution in [1.29, 1.82) is 0 Å². The number of piperidine rings is 1. The minimum Gasteiger partial charge on any atom is -0.496 e. The first-order chi connectivity index (χ1) is 8.23. The predicted molar refractivity (Wildman–Crippen MR) is 68.4 cm³/mol. The number of methoxy groups -OCH3 is 1. The molecule has 17 heavy (non-hydrogen) atoms. The van der Waals surface area contributed by atoms with Gasteiger partial charge in [0.2, 0.25) is 0 Å². The molecule has 0 aromatic heterocycles. The van der Waals surface area contributed by atoms with Gasteiger partial charge in [-0.3, -0.25) is 0 Å². The van der Waals surface area contributed by atoms with Gasteiger partial charge in [-0.1, -0.05) is 18.2 Å². The van der Waals surface area contributed by atoms with Gasteiger partial charge in [0.15, 0.2) is 0 Å². The molecule has 2 N–H and O–H groups in total. The summed E-state index contributed by atoms with van der Waals surface area (Å²) in [5.41, 5.74) is 0.632. The van der Waals surface area contributed by atoms with Gasteiger partial charge in [-0.2, -0.15) is 0 Å². The maximum atomic E-state index is 10.4. The van der Waals surface area contributed by atoms with Crippen LogP contribution in [-0.4, -0.2) is 30.9 Å². The quantitative estimate of drug-likeness (QED) is 0.835. The highest BCUT2D eigenvalue weighted by atomic mass is 16.5. The fraction of sp³-hybridized carbons (Fsp3) is 0.571. The summed E-state index contributed by atoms with van der Waals surface area (Å²) in [6.07, 6.45) is 3.61. The van der Waals surface area contributed by atoms with E-state index in [-0.39, 0.29) is 0 Å². The number of aliphatic hydroxyl groups is 1. The van der Waals surface area contributed by atoms with Crippen LogP contribution in [0.25, 0.3) is 0 Å². The van der Waals surface area contributed by atoms with Gasteiger partial charge in [0.1, 0.15) is 5.75 Å². The molecule has 0 spiro atoms. The van der Waals surface area contributed by atoms with E-state index in [4.69, 9.17) is 4.74 Å². The Kier molecular flexibility index (Phi) is 4.02. The van der Waals surface area contributed by atoms with Gasteiger partial charge in [-0.05, 0) is 43.9 Å². The van der Waals surface area contributed by atoms with Crippen LogP contribution in [0.2, 0.25) is 0 Å². The summed E-state index contributed by atoms with van der Waals surface area (Å²) in [5.74, 6) is 0.917. The molecular formula is C14H21NO2. The number of rotatable bonds is 4. The zero-order chi connectivity index (χ0) is 12.1. The van der Waals surface area contributed by atoms with Crippen molar-refractivity contribution >= 4 is 0 Å². The minimum atomic E-state index is -0.543. The lowest BCUT2D eigenvalue weighted by Crippen LogP contribution is -2.45. The average Bonchev–Trinajstić information content (AvgIpc) is 2.38. The standard InChI is InChI=1S/C14H21NO2/c1-17-13-6-3-2-5-12(13)7-9-14(16)8-4-10-15-11-14/h2-3,5-6,15-16H,4,7-11H2,1H3. The number of hydrogen-bond acceptors (Lipinski definition) is 3. The molecule has 0 saturated carbocycles. The normalized spacial score (nSPS) is 24.6. The second-order valence-corrected chi connectivity index (χ2v) is 4.82. The van der Waals surface area contributed by atoms with Crippen LogP contribution < -0.4 is 10.1 Å². The summed E-state index contributed by atoms with van der Waals surface area (Å²) >= 11 is 0. The fourth-order valence-electron chi connectivity index (χ4n) is 2.44. The molecule has 1 aromatic rings. The Balaban J connectivity index is 1.96. The SMILES string of the molecule is COc1ccccc1CCC1(O)CCCNC1. The Labute approximate surface area is 103 Å². The molecule has 1 atom stereocenters. The molecule has 3 nitrogen and oxygen atoms in total. The minimum absolute atomic E-state index is 0.543. The van der Waals surface area contributed by atoms with E-state index in [2.05, 4.69) is 11.4 Å². The molecule has 1 aliphatic heterocycles. The van der Waals surface area contributed by atoms with Crippen molar-refractivity contribution in [2.24, 2.45) is 0 Å². The summed E-state index contributed by atoms with van der Waals surface area (Å²) in [6, 6.07) is 8.02. The van der Waals surface area contributed by atoms with Crippen molar-refractivity contribution in [3.8, 4) is 5.75 Å². The average molecular weight is 235 g/mol. The van der Waals surface area contributed by atoms with Crippen molar-refractivity contribution in [3.05, 3.63) is 29.8 Å². The van der Waals surface area contributed by atoms with E-state index in [1.165, 1.54) is 5.56 Å². The highest BCUT2D eigenvalue weighted by Gasteiger charge is 2.28. The highest BCUT2D eigenvalue weighted by Crippen LogP contribution is 2.25. The third-order valence-electron chi connectivity index (χ3n) is 3.50. The second kappa shape index (κ2) is 5.52. The van der Waals surface area contributed by atoms with Crippen LogP contribution in [0, 0.1) is 0 Å². The van der Waals surface area contributed by atoms with Gasteiger partial charge < -0.3 is 15.2 Å². The van der Waals surface area contributed by atoms with Gasteiger partial charge in [0.05, 0.1) is 12.7 Å². The number of hydrogen-bond donors (Lipinski definition) is 2. The molecule has 0 amide bonds. The molecule has 1 heterocycles. The molecule has 2 rings (SSSR count). The zero-order valence-electron chi connectivity index (χ0n) is 10.4. The lowest BCUT2D eigenvalue weighted by molar-refractivity contribution is 0.00879. The number of aryl methyl sites for hydroxylation is 1. The van der Waals surface area contributed by atoms with E-state index in [1.54, 1.807) is 7.11 Å². The summed E-state index contributed by atoms with van der Waals surface area (Å²) < 4.78 is 5.32. The molecular weight excluding hydrogens is 214 g/mol. The molecule has 1 fully saturated rings. The first-order valence-corrected chi connectivity index (χ1v) is 6.28. The largest absolute Gasteiger partial charge is 0.496 e. The van der Waals surface area contributed by atoms with Gasteiger partial charge in [-0.25, -0.2) is 0 Å². The maximum Gasteiger partial charge on any atom is 0.122 e. The third-order valence-corrected chi connectivity index (χ3v) is 3.50. The zero-order valence-corrected chi connectivity index (χ0v) is 10.4. The molecule has 0 radical (unpaired) electrons. The van der Waals surface area contributed by atoms with E-state index in [1.807, 2.05) is 18.2 Å². The Morgan fingerprint density at radius 3 is 2.94 bits per heavy atom. The van der Waals surface area contributed by atoms with Crippen molar-refractivity contribution in [3.63, 3.8) is 0 Å². The van der Waals surface area contributed by atoms with E-state index in [0.717, 1.165) is 38.0 Å². The number of nitrogens with one attached hydrogen (secondary N) is 1. The van der Waals surface area contributed by atoms with Crippen LogP contribution in [0.5, 0.6) is 5.75 Å². The van der Waals surface area contributed by atoms with Crippen LogP contribution in [0.4, 0.5) is 0 Å². The topological polar surface area (TPSA) is 41.5 Å². The van der Waals surface area contributed by atoms with Crippen molar-refractivity contribution in [1.82, 2.24) is 5.32 Å². The molecule has 1 aliphatic rings. The molecule has 0 bridgehead atoms. The Hall–Kier alpha value is -1.06. The number of para-hydroxylation sites is 1. The summed E-state index contributed by atoms with van der Waals surface area (Å²) in [6.45, 7) is 1.74. The molecule has 0 aliphatic carbocycles. The third kappa shape index (κ3) is 3.20. The number of benzene rings is 1. The van der Waals surface area contributed by atoms with E-state index in [9.17, 15) is 5.11 Å². The monoisotopic (exact) mass is 235 g/mol. The van der Waals surface area contributed by atoms with E-state index in [0.29, 0.717) is 6.54 Å². The maximum absolute atomic E-state index is 10.4. The van der Waals surface area contributed by atoms with Gasteiger partial charge in [0.25, 0.3) is 0 Å². The first kappa shape index (κ1) is 12.4. The van der Waals surface area contributed by atoms with Crippen LogP contribution >= 0.6 is 0 Å². The highest BCUT2D eigenvalue weighted by molar-refractivity contribution is 5.33. The Morgan fingerprint density at radius 2 is 2.24 bits per heavy atom. The second-order valence-electron chi connectivity index (χ2n) is 4.82. The van der Waals surface area contributed by atoms with E-state index < -0.39 is 5.60 Å². The summed E-state index contributed by atoms with van der Waals surface area (Å²) in [5, 5.41) is 13.7.